The fraction of sp³-hybridized carbons (Fsp3) is 0.316. The van der Waals surface area contributed by atoms with Crippen molar-refractivity contribution in [3.05, 3.63) is 60.2 Å². The maximum absolute atomic E-state index is 12.3. The van der Waals surface area contributed by atoms with Crippen LogP contribution < -0.4 is 10.0 Å². The number of hydrogen-bond donors (Lipinski definition) is 2. The molecule has 0 aliphatic heterocycles. The van der Waals surface area contributed by atoms with Crippen LogP contribution in [0.5, 0.6) is 0 Å². The van der Waals surface area contributed by atoms with Gasteiger partial charge in [0.1, 0.15) is 0 Å². The van der Waals surface area contributed by atoms with Crippen LogP contribution >= 0.6 is 0 Å². The quantitative estimate of drug-likeness (QED) is 0.759. The summed E-state index contributed by atoms with van der Waals surface area (Å²) in [4.78, 5) is 11.8. The Hall–Kier alpha value is -2.34. The fourth-order valence-corrected chi connectivity index (χ4v) is 3.42. The van der Waals surface area contributed by atoms with E-state index in [1.54, 1.807) is 42.5 Å². The van der Waals surface area contributed by atoms with Gasteiger partial charge in [0.15, 0.2) is 0 Å². The van der Waals surface area contributed by atoms with Crippen LogP contribution in [0.2, 0.25) is 0 Å². The third kappa shape index (κ3) is 6.23. The standard InChI is InChI=1S/C19H24N2O3S/c1-15(2)14-19(22)20-13-12-16-8-10-17(11-9-16)21-25(23,24)18-6-4-3-5-7-18/h3-11,15,21H,12-14H2,1-2H3,(H,20,22). The van der Waals surface area contributed by atoms with Crippen molar-refractivity contribution >= 4 is 21.6 Å². The van der Waals surface area contributed by atoms with Gasteiger partial charge in [-0.3, -0.25) is 9.52 Å². The van der Waals surface area contributed by atoms with E-state index in [4.69, 9.17) is 0 Å². The van der Waals surface area contributed by atoms with Crippen LogP contribution in [0.25, 0.3) is 0 Å². The number of anilines is 1. The summed E-state index contributed by atoms with van der Waals surface area (Å²) in [5.41, 5.74) is 1.55. The molecule has 0 spiro atoms. The molecule has 6 heteroatoms. The summed E-state index contributed by atoms with van der Waals surface area (Å²) in [6.45, 7) is 4.59. The SMILES string of the molecule is CC(C)CC(=O)NCCc1ccc(NS(=O)(=O)c2ccccc2)cc1. The van der Waals surface area contributed by atoms with Crippen molar-refractivity contribution in [1.82, 2.24) is 5.32 Å². The molecule has 0 aliphatic carbocycles. The molecule has 0 unspecified atom stereocenters. The lowest BCUT2D eigenvalue weighted by molar-refractivity contribution is -0.121. The molecule has 0 aromatic heterocycles. The molecule has 2 aromatic rings. The highest BCUT2D eigenvalue weighted by atomic mass is 32.2. The van der Waals surface area contributed by atoms with Gasteiger partial charge in [0.05, 0.1) is 4.90 Å². The Morgan fingerprint density at radius 2 is 1.64 bits per heavy atom. The van der Waals surface area contributed by atoms with Crippen LogP contribution in [0.15, 0.2) is 59.5 Å². The maximum atomic E-state index is 12.3. The van der Waals surface area contributed by atoms with E-state index in [2.05, 4.69) is 10.0 Å². The van der Waals surface area contributed by atoms with E-state index in [1.165, 1.54) is 0 Å². The molecule has 2 rings (SSSR count). The number of amides is 1. The number of hydrogen-bond acceptors (Lipinski definition) is 3. The van der Waals surface area contributed by atoms with Gasteiger partial charge in [0.2, 0.25) is 5.91 Å². The zero-order chi connectivity index (χ0) is 18.3. The summed E-state index contributed by atoms with van der Waals surface area (Å²) in [6, 6.07) is 15.4. The van der Waals surface area contributed by atoms with E-state index < -0.39 is 10.0 Å². The first-order valence-electron chi connectivity index (χ1n) is 8.30. The van der Waals surface area contributed by atoms with Crippen molar-refractivity contribution < 1.29 is 13.2 Å². The molecule has 0 saturated heterocycles. The van der Waals surface area contributed by atoms with E-state index in [0.717, 1.165) is 5.56 Å². The Morgan fingerprint density at radius 3 is 2.24 bits per heavy atom. The molecule has 0 fully saturated rings. The molecule has 25 heavy (non-hydrogen) atoms. The highest BCUT2D eigenvalue weighted by molar-refractivity contribution is 7.92. The highest BCUT2D eigenvalue weighted by Gasteiger charge is 2.13. The Balaban J connectivity index is 1.89. The summed E-state index contributed by atoms with van der Waals surface area (Å²) >= 11 is 0. The van der Waals surface area contributed by atoms with Crippen LogP contribution in [-0.2, 0) is 21.2 Å². The van der Waals surface area contributed by atoms with Crippen molar-refractivity contribution in [3.8, 4) is 0 Å². The summed E-state index contributed by atoms with van der Waals surface area (Å²) in [5.74, 6) is 0.402. The van der Waals surface area contributed by atoms with Crippen LogP contribution in [0.1, 0.15) is 25.8 Å². The predicted octanol–water partition coefficient (Wildman–Crippen LogP) is 3.19. The van der Waals surface area contributed by atoms with E-state index in [9.17, 15) is 13.2 Å². The molecule has 5 nitrogen and oxygen atoms in total. The monoisotopic (exact) mass is 360 g/mol. The van der Waals surface area contributed by atoms with Crippen molar-refractivity contribution in [2.45, 2.75) is 31.6 Å². The van der Waals surface area contributed by atoms with Crippen LogP contribution in [0, 0.1) is 5.92 Å². The zero-order valence-electron chi connectivity index (χ0n) is 14.5. The van der Waals surface area contributed by atoms with Gasteiger partial charge in [-0.15, -0.1) is 0 Å². The van der Waals surface area contributed by atoms with Gasteiger partial charge in [-0.05, 0) is 42.2 Å². The third-order valence-corrected chi connectivity index (χ3v) is 4.99. The largest absolute Gasteiger partial charge is 0.356 e. The second-order valence-corrected chi connectivity index (χ2v) is 8.00. The molecular formula is C19H24N2O3S. The number of carbonyl (C=O) groups is 1. The Labute approximate surface area is 149 Å². The molecule has 134 valence electrons. The van der Waals surface area contributed by atoms with Gasteiger partial charge < -0.3 is 5.32 Å². The molecule has 1 amide bonds. The van der Waals surface area contributed by atoms with Crippen molar-refractivity contribution in [2.75, 3.05) is 11.3 Å². The Bertz CT molecular complexity index is 785. The van der Waals surface area contributed by atoms with Crippen molar-refractivity contribution in [1.29, 1.82) is 0 Å². The molecule has 0 radical (unpaired) electrons. The number of benzene rings is 2. The molecular weight excluding hydrogens is 336 g/mol. The van der Waals surface area contributed by atoms with Crippen LogP contribution in [0.3, 0.4) is 0 Å². The molecule has 0 heterocycles. The van der Waals surface area contributed by atoms with E-state index in [0.29, 0.717) is 31.0 Å². The summed E-state index contributed by atoms with van der Waals surface area (Å²) in [5, 5.41) is 2.89. The predicted molar refractivity (Wildman–Crippen MR) is 99.9 cm³/mol. The van der Waals surface area contributed by atoms with Gasteiger partial charge in [-0.25, -0.2) is 8.42 Å². The van der Waals surface area contributed by atoms with E-state index in [-0.39, 0.29) is 10.8 Å². The minimum absolute atomic E-state index is 0.0576. The number of sulfonamides is 1. The first-order chi connectivity index (χ1) is 11.9. The Kier molecular flexibility index (Phi) is 6.58. The van der Waals surface area contributed by atoms with Crippen molar-refractivity contribution in [2.24, 2.45) is 5.92 Å². The molecule has 0 aliphatic rings. The minimum Gasteiger partial charge on any atom is -0.356 e. The lowest BCUT2D eigenvalue weighted by Crippen LogP contribution is -2.26. The molecule has 2 aromatic carbocycles. The first-order valence-corrected chi connectivity index (χ1v) is 9.78. The van der Waals surface area contributed by atoms with Gasteiger partial charge in [0, 0.05) is 18.7 Å². The second kappa shape index (κ2) is 8.67. The van der Waals surface area contributed by atoms with E-state index >= 15 is 0 Å². The lowest BCUT2D eigenvalue weighted by Gasteiger charge is -2.10. The summed E-state index contributed by atoms with van der Waals surface area (Å²) < 4.78 is 27.1. The van der Waals surface area contributed by atoms with Gasteiger partial charge >= 0.3 is 0 Å². The second-order valence-electron chi connectivity index (χ2n) is 6.31. The normalized spacial score (nSPS) is 11.3. The number of rotatable bonds is 8. The van der Waals surface area contributed by atoms with Crippen LogP contribution in [0.4, 0.5) is 5.69 Å². The van der Waals surface area contributed by atoms with Gasteiger partial charge in [-0.1, -0.05) is 44.2 Å². The summed E-state index contributed by atoms with van der Waals surface area (Å²) in [6.07, 6.45) is 1.23. The maximum Gasteiger partial charge on any atom is 0.261 e. The van der Waals surface area contributed by atoms with Crippen molar-refractivity contribution in [3.63, 3.8) is 0 Å². The number of nitrogens with one attached hydrogen (secondary N) is 2. The summed E-state index contributed by atoms with van der Waals surface area (Å²) in [7, 11) is -3.57. The van der Waals surface area contributed by atoms with Gasteiger partial charge in [0.25, 0.3) is 10.0 Å². The Morgan fingerprint density at radius 1 is 1.00 bits per heavy atom. The van der Waals surface area contributed by atoms with Gasteiger partial charge in [-0.2, -0.15) is 0 Å². The average Bonchev–Trinajstić information content (AvgIpc) is 2.56. The first kappa shape index (κ1) is 19.0. The fourth-order valence-electron chi connectivity index (χ4n) is 2.34. The number of carbonyl (C=O) groups excluding carboxylic acids is 1. The van der Waals surface area contributed by atoms with Crippen LogP contribution in [-0.4, -0.2) is 20.9 Å². The van der Waals surface area contributed by atoms with E-state index in [1.807, 2.05) is 26.0 Å². The molecule has 2 N–H and O–H groups in total. The highest BCUT2D eigenvalue weighted by Crippen LogP contribution is 2.16. The lowest BCUT2D eigenvalue weighted by atomic mass is 10.1. The smallest absolute Gasteiger partial charge is 0.261 e. The third-order valence-electron chi connectivity index (χ3n) is 3.59. The zero-order valence-corrected chi connectivity index (χ0v) is 15.3. The topological polar surface area (TPSA) is 75.3 Å². The molecule has 0 bridgehead atoms. The average molecular weight is 360 g/mol. The minimum atomic E-state index is -3.57. The molecule has 0 atom stereocenters. The molecule has 0 saturated carbocycles.